The fourth-order valence-electron chi connectivity index (χ4n) is 3.77. The van der Waals surface area contributed by atoms with Gasteiger partial charge in [0.1, 0.15) is 17.1 Å². The van der Waals surface area contributed by atoms with E-state index in [0.29, 0.717) is 16.5 Å². The van der Waals surface area contributed by atoms with Crippen LogP contribution >= 0.6 is 0 Å². The van der Waals surface area contributed by atoms with Crippen LogP contribution in [0.4, 0.5) is 4.39 Å². The number of rotatable bonds is 6. The van der Waals surface area contributed by atoms with Gasteiger partial charge in [-0.3, -0.25) is 4.98 Å². The molecule has 0 aliphatic carbocycles. The van der Waals surface area contributed by atoms with E-state index in [1.165, 1.54) is 18.2 Å². The molecular weight excluding hydrogens is 381 g/mol. The van der Waals surface area contributed by atoms with Crippen molar-refractivity contribution in [2.24, 2.45) is 0 Å². The van der Waals surface area contributed by atoms with E-state index in [4.69, 9.17) is 4.42 Å². The van der Waals surface area contributed by atoms with E-state index in [2.05, 4.69) is 11.9 Å². The number of fused-ring (bicyclic) bond motifs is 1. The Morgan fingerprint density at radius 1 is 1.07 bits per heavy atom. The van der Waals surface area contributed by atoms with Crippen molar-refractivity contribution in [1.29, 1.82) is 0 Å². The average Bonchev–Trinajstić information content (AvgIpc) is 2.74. The van der Waals surface area contributed by atoms with Crippen LogP contribution in [-0.2, 0) is 6.42 Å². The maximum absolute atomic E-state index is 13.0. The summed E-state index contributed by atoms with van der Waals surface area (Å²) in [6.45, 7) is 2.08. The van der Waals surface area contributed by atoms with E-state index >= 15 is 0 Å². The Bertz CT molecular complexity index is 1220. The number of halogens is 1. The van der Waals surface area contributed by atoms with E-state index in [9.17, 15) is 14.3 Å². The minimum atomic E-state index is -0.463. The van der Waals surface area contributed by atoms with Crippen molar-refractivity contribution in [3.63, 3.8) is 0 Å². The van der Waals surface area contributed by atoms with Gasteiger partial charge in [-0.1, -0.05) is 19.1 Å². The van der Waals surface area contributed by atoms with Gasteiger partial charge in [0.2, 0.25) is 0 Å². The number of phenolic OH excluding ortho intramolecular Hbond substituents is 1. The fraction of sp³-hybridized carbons (Fsp3) is 0.200. The lowest BCUT2D eigenvalue weighted by Crippen LogP contribution is -2.01. The number of aromatic nitrogens is 1. The molecule has 1 N–H and O–H groups in total. The topological polar surface area (TPSA) is 63.3 Å². The predicted octanol–water partition coefficient (Wildman–Crippen LogP) is 5.83. The fourth-order valence-corrected chi connectivity index (χ4v) is 3.77. The zero-order valence-electron chi connectivity index (χ0n) is 16.6. The first-order chi connectivity index (χ1) is 14.5. The largest absolute Gasteiger partial charge is 0.507 e. The molecule has 0 saturated carbocycles. The molecule has 0 saturated heterocycles. The molecule has 0 fully saturated rings. The summed E-state index contributed by atoms with van der Waals surface area (Å²) in [5, 5.41) is 11.3. The van der Waals surface area contributed by atoms with Gasteiger partial charge in [0, 0.05) is 24.0 Å². The van der Waals surface area contributed by atoms with Crippen molar-refractivity contribution in [3.8, 4) is 16.9 Å². The van der Waals surface area contributed by atoms with Crippen molar-refractivity contribution in [1.82, 2.24) is 4.98 Å². The number of pyridine rings is 1. The Kier molecular flexibility index (Phi) is 5.61. The molecule has 0 amide bonds. The zero-order valence-corrected chi connectivity index (χ0v) is 16.6. The molecule has 2 aromatic carbocycles. The molecule has 0 spiro atoms. The summed E-state index contributed by atoms with van der Waals surface area (Å²) in [4.78, 5) is 16.1. The van der Waals surface area contributed by atoms with Crippen molar-refractivity contribution in [3.05, 3.63) is 94.4 Å². The number of hydrogen-bond donors (Lipinski definition) is 1. The summed E-state index contributed by atoms with van der Waals surface area (Å²) in [5.74, 6) is 0.0189. The number of benzene rings is 2. The Balaban J connectivity index is 1.59. The second-order valence-corrected chi connectivity index (χ2v) is 7.55. The third-order valence-corrected chi connectivity index (χ3v) is 5.42. The molecule has 0 bridgehead atoms. The average molecular weight is 403 g/mol. The Hall–Kier alpha value is -3.47. The summed E-state index contributed by atoms with van der Waals surface area (Å²) < 4.78 is 18.4. The molecule has 1 atom stereocenters. The highest BCUT2D eigenvalue weighted by molar-refractivity contribution is 5.97. The first-order valence-corrected chi connectivity index (χ1v) is 9.97. The SMILES string of the molecule is CC(CCCc1ccc(F)cc1)c1cc(O)c2c(-c3ccncc3)cc(=O)oc2c1. The van der Waals surface area contributed by atoms with Crippen LogP contribution in [0.3, 0.4) is 0 Å². The van der Waals surface area contributed by atoms with Gasteiger partial charge in [0.15, 0.2) is 0 Å². The maximum atomic E-state index is 13.0. The standard InChI is InChI=1S/C25H22FNO3/c1-16(3-2-4-17-5-7-20(26)8-6-17)19-13-22(28)25-21(18-9-11-27-12-10-18)15-24(29)30-23(25)14-19/h5-16,28H,2-4H2,1H3. The van der Waals surface area contributed by atoms with Gasteiger partial charge < -0.3 is 9.52 Å². The van der Waals surface area contributed by atoms with E-state index < -0.39 is 5.63 Å². The van der Waals surface area contributed by atoms with Crippen LogP contribution < -0.4 is 5.63 Å². The van der Waals surface area contributed by atoms with Gasteiger partial charge in [0.05, 0.1) is 5.39 Å². The molecule has 152 valence electrons. The summed E-state index contributed by atoms with van der Waals surface area (Å²) in [6.07, 6.45) is 5.95. The van der Waals surface area contributed by atoms with Crippen molar-refractivity contribution >= 4 is 11.0 Å². The monoisotopic (exact) mass is 403 g/mol. The quantitative estimate of drug-likeness (QED) is 0.412. The molecule has 2 heterocycles. The number of aromatic hydroxyl groups is 1. The van der Waals surface area contributed by atoms with Crippen LogP contribution in [-0.4, -0.2) is 10.1 Å². The van der Waals surface area contributed by atoms with Crippen molar-refractivity contribution in [2.45, 2.75) is 32.1 Å². The van der Waals surface area contributed by atoms with Gasteiger partial charge in [-0.2, -0.15) is 0 Å². The summed E-state index contributed by atoms with van der Waals surface area (Å²) in [6, 6.07) is 15.1. The van der Waals surface area contributed by atoms with E-state index in [-0.39, 0.29) is 17.5 Å². The third-order valence-electron chi connectivity index (χ3n) is 5.42. The van der Waals surface area contributed by atoms with Gasteiger partial charge in [-0.05, 0) is 78.3 Å². The minimum absolute atomic E-state index is 0.0865. The summed E-state index contributed by atoms with van der Waals surface area (Å²) in [7, 11) is 0. The smallest absolute Gasteiger partial charge is 0.336 e. The van der Waals surface area contributed by atoms with Crippen LogP contribution in [0.2, 0.25) is 0 Å². The lowest BCUT2D eigenvalue weighted by molar-refractivity contribution is 0.477. The normalized spacial score (nSPS) is 12.2. The molecule has 0 aliphatic heterocycles. The van der Waals surface area contributed by atoms with Crippen LogP contribution in [0.25, 0.3) is 22.1 Å². The number of nitrogens with zero attached hydrogens (tertiary/aromatic N) is 1. The summed E-state index contributed by atoms with van der Waals surface area (Å²) >= 11 is 0. The van der Waals surface area contributed by atoms with Crippen LogP contribution in [0.5, 0.6) is 5.75 Å². The zero-order chi connectivity index (χ0) is 21.1. The van der Waals surface area contributed by atoms with Crippen molar-refractivity contribution < 1.29 is 13.9 Å². The highest BCUT2D eigenvalue weighted by Crippen LogP contribution is 2.37. The van der Waals surface area contributed by atoms with Crippen molar-refractivity contribution in [2.75, 3.05) is 0 Å². The van der Waals surface area contributed by atoms with E-state index in [1.807, 2.05) is 6.07 Å². The van der Waals surface area contributed by atoms with Gasteiger partial charge in [0.25, 0.3) is 0 Å². The molecule has 4 aromatic rings. The highest BCUT2D eigenvalue weighted by Gasteiger charge is 2.16. The van der Waals surface area contributed by atoms with E-state index in [1.54, 1.807) is 42.7 Å². The number of aryl methyl sites for hydroxylation is 1. The molecule has 0 aliphatic rings. The second kappa shape index (κ2) is 8.49. The lowest BCUT2D eigenvalue weighted by atomic mass is 9.92. The van der Waals surface area contributed by atoms with Crippen LogP contribution in [0.1, 0.15) is 36.8 Å². The summed E-state index contributed by atoms with van der Waals surface area (Å²) in [5.41, 5.74) is 3.33. The predicted molar refractivity (Wildman–Crippen MR) is 115 cm³/mol. The van der Waals surface area contributed by atoms with Gasteiger partial charge in [-0.15, -0.1) is 0 Å². The van der Waals surface area contributed by atoms with Gasteiger partial charge >= 0.3 is 5.63 Å². The second-order valence-electron chi connectivity index (χ2n) is 7.55. The molecule has 0 radical (unpaired) electrons. The molecule has 4 rings (SSSR count). The first-order valence-electron chi connectivity index (χ1n) is 9.97. The molecule has 4 nitrogen and oxygen atoms in total. The Morgan fingerprint density at radius 2 is 1.80 bits per heavy atom. The minimum Gasteiger partial charge on any atom is -0.507 e. The van der Waals surface area contributed by atoms with Crippen LogP contribution in [0, 0.1) is 5.82 Å². The Morgan fingerprint density at radius 3 is 2.53 bits per heavy atom. The first kappa shape index (κ1) is 19.8. The molecule has 5 heteroatoms. The molecule has 2 aromatic heterocycles. The highest BCUT2D eigenvalue weighted by atomic mass is 19.1. The number of hydrogen-bond acceptors (Lipinski definition) is 4. The van der Waals surface area contributed by atoms with E-state index in [0.717, 1.165) is 36.0 Å². The number of phenols is 1. The lowest BCUT2D eigenvalue weighted by Gasteiger charge is -2.15. The third kappa shape index (κ3) is 4.25. The van der Waals surface area contributed by atoms with Gasteiger partial charge in [-0.25, -0.2) is 9.18 Å². The molecular formula is C25H22FNO3. The molecule has 1 unspecified atom stereocenters. The van der Waals surface area contributed by atoms with Crippen LogP contribution in [0.15, 0.2) is 76.2 Å². The maximum Gasteiger partial charge on any atom is 0.336 e. The Labute approximate surface area is 173 Å². The molecule has 30 heavy (non-hydrogen) atoms.